The number of nitrogens with two attached hydrogens (primary N) is 1. The van der Waals surface area contributed by atoms with Crippen LogP contribution in [-0.4, -0.2) is 11.5 Å². The zero-order valence-corrected chi connectivity index (χ0v) is 12.2. The maximum absolute atomic E-state index is 13.1. The van der Waals surface area contributed by atoms with Crippen LogP contribution in [0.3, 0.4) is 0 Å². The lowest BCUT2D eigenvalue weighted by atomic mass is 9.95. The maximum atomic E-state index is 13.1. The van der Waals surface area contributed by atoms with Crippen LogP contribution in [-0.2, 0) is 6.42 Å². The van der Waals surface area contributed by atoms with Crippen LogP contribution in [0.1, 0.15) is 37.6 Å². The molecule has 0 saturated carbocycles. The van der Waals surface area contributed by atoms with Gasteiger partial charge in [0.05, 0.1) is 15.2 Å². The van der Waals surface area contributed by atoms with Gasteiger partial charge in [-0.25, -0.2) is 9.37 Å². The lowest BCUT2D eigenvalue weighted by molar-refractivity contribution is 0.421. The van der Waals surface area contributed by atoms with Crippen molar-refractivity contribution in [3.05, 3.63) is 29.0 Å². The van der Waals surface area contributed by atoms with Crippen molar-refractivity contribution in [2.75, 3.05) is 6.54 Å². The number of aromatic nitrogens is 1. The van der Waals surface area contributed by atoms with Gasteiger partial charge < -0.3 is 5.73 Å². The fourth-order valence-corrected chi connectivity index (χ4v) is 3.47. The summed E-state index contributed by atoms with van der Waals surface area (Å²) in [5.74, 6) is 0.508. The third kappa shape index (κ3) is 3.98. The Morgan fingerprint density at radius 3 is 2.89 bits per heavy atom. The number of fused-ring (bicyclic) bond motifs is 1. The molecule has 0 radical (unpaired) electrons. The van der Waals surface area contributed by atoms with E-state index >= 15 is 0 Å². The molecular weight excluding hydrogens is 259 g/mol. The molecule has 0 aliphatic rings. The molecule has 1 atom stereocenters. The molecule has 0 amide bonds. The molecule has 0 saturated heterocycles. The minimum Gasteiger partial charge on any atom is -0.330 e. The van der Waals surface area contributed by atoms with Crippen molar-refractivity contribution in [1.82, 2.24) is 4.98 Å². The molecule has 0 aliphatic carbocycles. The van der Waals surface area contributed by atoms with E-state index in [1.165, 1.54) is 18.9 Å². The van der Waals surface area contributed by atoms with Gasteiger partial charge >= 0.3 is 0 Å². The molecule has 0 spiro atoms. The summed E-state index contributed by atoms with van der Waals surface area (Å²) >= 11 is 1.61. The highest BCUT2D eigenvalue weighted by atomic mass is 32.1. The molecule has 104 valence electrons. The summed E-state index contributed by atoms with van der Waals surface area (Å²) in [6.07, 6.45) is 5.64. The van der Waals surface area contributed by atoms with E-state index in [9.17, 15) is 4.39 Å². The molecule has 2 nitrogen and oxygen atoms in total. The lowest BCUT2D eigenvalue weighted by Crippen LogP contribution is -2.09. The molecule has 4 heteroatoms. The summed E-state index contributed by atoms with van der Waals surface area (Å²) in [4.78, 5) is 4.57. The van der Waals surface area contributed by atoms with Crippen LogP contribution in [0.15, 0.2) is 18.2 Å². The van der Waals surface area contributed by atoms with Gasteiger partial charge in [-0.2, -0.15) is 0 Å². The molecule has 0 fully saturated rings. The smallest absolute Gasteiger partial charge is 0.124 e. The van der Waals surface area contributed by atoms with Crippen LogP contribution in [0.5, 0.6) is 0 Å². The Morgan fingerprint density at radius 2 is 2.16 bits per heavy atom. The molecule has 1 heterocycles. The Morgan fingerprint density at radius 1 is 1.32 bits per heavy atom. The van der Waals surface area contributed by atoms with Gasteiger partial charge in [0, 0.05) is 0 Å². The van der Waals surface area contributed by atoms with Crippen LogP contribution in [0.4, 0.5) is 4.39 Å². The number of thiazole rings is 1. The first kappa shape index (κ1) is 14.4. The van der Waals surface area contributed by atoms with E-state index < -0.39 is 0 Å². The SMILES string of the molecule is CCCC(CCN)CCc1nc2ccc(F)cc2s1. The second kappa shape index (κ2) is 6.96. The Balaban J connectivity index is 2.00. The fourth-order valence-electron chi connectivity index (χ4n) is 2.46. The normalized spacial score (nSPS) is 13.0. The molecule has 2 rings (SSSR count). The maximum Gasteiger partial charge on any atom is 0.124 e. The van der Waals surface area contributed by atoms with Crippen LogP contribution in [0.25, 0.3) is 10.2 Å². The van der Waals surface area contributed by atoms with Crippen molar-refractivity contribution in [3.63, 3.8) is 0 Å². The number of hydrogen-bond donors (Lipinski definition) is 1. The second-order valence-corrected chi connectivity index (χ2v) is 6.11. The number of rotatable bonds is 7. The average molecular weight is 280 g/mol. The Bertz CT molecular complexity index is 518. The number of aryl methyl sites for hydroxylation is 1. The number of hydrogen-bond acceptors (Lipinski definition) is 3. The van der Waals surface area contributed by atoms with Gasteiger partial charge in [-0.15, -0.1) is 11.3 Å². The molecule has 1 aromatic heterocycles. The largest absolute Gasteiger partial charge is 0.330 e. The molecule has 1 unspecified atom stereocenters. The molecular formula is C15H21FN2S. The van der Waals surface area contributed by atoms with Crippen LogP contribution in [0.2, 0.25) is 0 Å². The predicted octanol–water partition coefficient (Wildman–Crippen LogP) is 4.13. The van der Waals surface area contributed by atoms with Gasteiger partial charge in [0.2, 0.25) is 0 Å². The Kier molecular flexibility index (Phi) is 5.28. The molecule has 0 aliphatic heterocycles. The van der Waals surface area contributed by atoms with E-state index in [1.807, 2.05) is 0 Å². The summed E-state index contributed by atoms with van der Waals surface area (Å²) in [5, 5.41) is 1.11. The van der Waals surface area contributed by atoms with Gasteiger partial charge in [-0.05, 0) is 49.9 Å². The first-order valence-electron chi connectivity index (χ1n) is 6.98. The van der Waals surface area contributed by atoms with E-state index in [2.05, 4.69) is 11.9 Å². The summed E-state index contributed by atoms with van der Waals surface area (Å²) in [6.45, 7) is 2.97. The van der Waals surface area contributed by atoms with Crippen LogP contribution >= 0.6 is 11.3 Å². The predicted molar refractivity (Wildman–Crippen MR) is 80.0 cm³/mol. The van der Waals surface area contributed by atoms with Crippen molar-refractivity contribution in [1.29, 1.82) is 0 Å². The van der Waals surface area contributed by atoms with E-state index in [4.69, 9.17) is 5.73 Å². The summed E-state index contributed by atoms with van der Waals surface area (Å²) in [6, 6.07) is 4.80. The van der Waals surface area contributed by atoms with Gasteiger partial charge in [-0.3, -0.25) is 0 Å². The summed E-state index contributed by atoms with van der Waals surface area (Å²) in [5.41, 5.74) is 6.56. The van der Waals surface area contributed by atoms with Gasteiger partial charge in [0.1, 0.15) is 5.82 Å². The van der Waals surface area contributed by atoms with Gasteiger partial charge in [0.15, 0.2) is 0 Å². The standard InChI is InChI=1S/C15H21FN2S/c1-2-3-11(8-9-17)4-7-15-18-13-6-5-12(16)10-14(13)19-15/h5-6,10-11H,2-4,7-9,17H2,1H3. The minimum atomic E-state index is -0.185. The third-order valence-corrected chi connectivity index (χ3v) is 4.51. The first-order chi connectivity index (χ1) is 9.22. The molecule has 19 heavy (non-hydrogen) atoms. The minimum absolute atomic E-state index is 0.185. The van der Waals surface area contributed by atoms with Crippen molar-refractivity contribution in [2.24, 2.45) is 11.7 Å². The number of halogens is 1. The molecule has 0 bridgehead atoms. The monoisotopic (exact) mass is 280 g/mol. The van der Waals surface area contributed by atoms with E-state index in [-0.39, 0.29) is 5.82 Å². The summed E-state index contributed by atoms with van der Waals surface area (Å²) in [7, 11) is 0. The van der Waals surface area contributed by atoms with Crippen molar-refractivity contribution >= 4 is 21.6 Å². The average Bonchev–Trinajstić information content (AvgIpc) is 2.78. The van der Waals surface area contributed by atoms with Crippen molar-refractivity contribution in [2.45, 2.75) is 39.0 Å². The zero-order valence-electron chi connectivity index (χ0n) is 11.4. The van der Waals surface area contributed by atoms with E-state index in [0.29, 0.717) is 5.92 Å². The first-order valence-corrected chi connectivity index (χ1v) is 7.79. The Labute approximate surface area is 117 Å². The summed E-state index contributed by atoms with van der Waals surface area (Å²) < 4.78 is 14.1. The quantitative estimate of drug-likeness (QED) is 0.828. The molecule has 2 aromatic rings. The zero-order chi connectivity index (χ0) is 13.7. The highest BCUT2D eigenvalue weighted by molar-refractivity contribution is 7.18. The number of nitrogens with zero attached hydrogens (tertiary/aromatic N) is 1. The lowest BCUT2D eigenvalue weighted by Gasteiger charge is -2.13. The third-order valence-electron chi connectivity index (χ3n) is 3.43. The molecule has 1 aromatic carbocycles. The van der Waals surface area contributed by atoms with Gasteiger partial charge in [-0.1, -0.05) is 19.8 Å². The van der Waals surface area contributed by atoms with E-state index in [0.717, 1.165) is 41.0 Å². The fraction of sp³-hybridized carbons (Fsp3) is 0.533. The highest BCUT2D eigenvalue weighted by Crippen LogP contribution is 2.26. The van der Waals surface area contributed by atoms with Crippen LogP contribution in [0, 0.1) is 11.7 Å². The molecule has 2 N–H and O–H groups in total. The topological polar surface area (TPSA) is 38.9 Å². The Hall–Kier alpha value is -1.000. The number of benzene rings is 1. The van der Waals surface area contributed by atoms with E-state index in [1.54, 1.807) is 23.5 Å². The second-order valence-electron chi connectivity index (χ2n) is 4.99. The van der Waals surface area contributed by atoms with Crippen molar-refractivity contribution in [3.8, 4) is 0 Å². The highest BCUT2D eigenvalue weighted by Gasteiger charge is 2.10. The van der Waals surface area contributed by atoms with Gasteiger partial charge in [0.25, 0.3) is 0 Å². The van der Waals surface area contributed by atoms with Crippen LogP contribution < -0.4 is 5.73 Å². The van der Waals surface area contributed by atoms with Crippen molar-refractivity contribution < 1.29 is 4.39 Å².